The molecule has 1 aromatic heterocycles. The Morgan fingerprint density at radius 1 is 1.48 bits per heavy atom. The maximum atomic E-state index is 12.0. The second-order valence-electron chi connectivity index (χ2n) is 5.29. The van der Waals surface area contributed by atoms with Crippen molar-refractivity contribution in [2.75, 3.05) is 18.1 Å². The number of carbonyl (C=O) groups is 2. The van der Waals surface area contributed by atoms with Crippen molar-refractivity contribution in [1.82, 2.24) is 4.98 Å². The predicted octanol–water partition coefficient (Wildman–Crippen LogP) is 1.97. The van der Waals surface area contributed by atoms with Gasteiger partial charge in [0.05, 0.1) is 16.4 Å². The van der Waals surface area contributed by atoms with Crippen LogP contribution in [0.4, 0.5) is 5.69 Å². The van der Waals surface area contributed by atoms with Gasteiger partial charge in [0.15, 0.2) is 6.61 Å². The number of primary amides is 1. The fraction of sp³-hybridized carbons (Fsp3) is 0.312. The number of rotatable bonds is 5. The van der Waals surface area contributed by atoms with E-state index >= 15 is 0 Å². The van der Waals surface area contributed by atoms with Gasteiger partial charge in [-0.05, 0) is 31.0 Å². The van der Waals surface area contributed by atoms with E-state index in [9.17, 15) is 9.59 Å². The van der Waals surface area contributed by atoms with E-state index in [4.69, 9.17) is 10.5 Å². The molecule has 0 atom stereocenters. The summed E-state index contributed by atoms with van der Waals surface area (Å²) in [4.78, 5) is 29.2. The van der Waals surface area contributed by atoms with E-state index in [0.29, 0.717) is 11.4 Å². The zero-order valence-corrected chi connectivity index (χ0v) is 13.6. The summed E-state index contributed by atoms with van der Waals surface area (Å²) < 4.78 is 5.42. The van der Waals surface area contributed by atoms with Crippen molar-refractivity contribution in [2.45, 2.75) is 19.8 Å². The van der Waals surface area contributed by atoms with Gasteiger partial charge in [-0.2, -0.15) is 0 Å². The second-order valence-corrected chi connectivity index (χ2v) is 6.24. The van der Waals surface area contributed by atoms with Crippen LogP contribution in [0, 0.1) is 0 Å². The molecule has 2 heterocycles. The van der Waals surface area contributed by atoms with Crippen LogP contribution in [0.3, 0.4) is 0 Å². The molecule has 0 radical (unpaired) electrons. The van der Waals surface area contributed by atoms with Crippen LogP contribution in [0.25, 0.3) is 11.3 Å². The summed E-state index contributed by atoms with van der Waals surface area (Å²) in [5.41, 5.74) is 7.55. The number of benzene rings is 1. The Morgan fingerprint density at radius 3 is 3.04 bits per heavy atom. The number of anilines is 1. The lowest BCUT2D eigenvalue weighted by atomic mass is 10.1. The second kappa shape index (κ2) is 6.37. The first kappa shape index (κ1) is 15.5. The van der Waals surface area contributed by atoms with Crippen LogP contribution in [0.2, 0.25) is 0 Å². The van der Waals surface area contributed by atoms with Crippen LogP contribution in [0.5, 0.6) is 5.75 Å². The van der Waals surface area contributed by atoms with Gasteiger partial charge in [-0.15, -0.1) is 11.3 Å². The number of hydrogen-bond donors (Lipinski definition) is 1. The zero-order valence-electron chi connectivity index (χ0n) is 12.7. The van der Waals surface area contributed by atoms with Crippen LogP contribution >= 0.6 is 11.3 Å². The molecule has 1 aliphatic rings. The molecule has 23 heavy (non-hydrogen) atoms. The molecule has 0 bridgehead atoms. The minimum atomic E-state index is -0.560. The molecule has 0 aliphatic carbocycles. The average Bonchev–Trinajstić information content (AvgIpc) is 2.98. The molecule has 0 fully saturated rings. The number of ether oxygens (including phenoxy) is 1. The van der Waals surface area contributed by atoms with Crippen LogP contribution < -0.4 is 15.4 Å². The SMILES string of the molecule is CCCc1nc(-c2ccc3c(c2)N(CC(N)=O)C(=O)CO3)cs1. The first-order valence-corrected chi connectivity index (χ1v) is 8.26. The average molecular weight is 331 g/mol. The highest BCUT2D eigenvalue weighted by Gasteiger charge is 2.27. The van der Waals surface area contributed by atoms with Crippen LogP contribution in [0.1, 0.15) is 18.4 Å². The minimum Gasteiger partial charge on any atom is -0.482 e. The number of amides is 2. The summed E-state index contributed by atoms with van der Waals surface area (Å²) in [7, 11) is 0. The first-order chi connectivity index (χ1) is 11.1. The Labute approximate surface area is 137 Å². The highest BCUT2D eigenvalue weighted by atomic mass is 32.1. The summed E-state index contributed by atoms with van der Waals surface area (Å²) in [5.74, 6) is -0.271. The van der Waals surface area contributed by atoms with Gasteiger partial charge in [0.25, 0.3) is 5.91 Å². The number of nitrogens with two attached hydrogens (primary N) is 1. The molecular weight excluding hydrogens is 314 g/mol. The van der Waals surface area contributed by atoms with Gasteiger partial charge >= 0.3 is 0 Å². The highest BCUT2D eigenvalue weighted by molar-refractivity contribution is 7.09. The Morgan fingerprint density at radius 2 is 2.30 bits per heavy atom. The van der Waals surface area contributed by atoms with Crippen molar-refractivity contribution in [2.24, 2.45) is 5.73 Å². The molecule has 2 aromatic rings. The normalized spacial score (nSPS) is 13.6. The Kier molecular flexibility index (Phi) is 4.29. The lowest BCUT2D eigenvalue weighted by Gasteiger charge is -2.28. The topological polar surface area (TPSA) is 85.5 Å². The summed E-state index contributed by atoms with van der Waals surface area (Å²) >= 11 is 1.62. The molecule has 0 unspecified atom stereocenters. The fourth-order valence-electron chi connectivity index (χ4n) is 2.46. The van der Waals surface area contributed by atoms with Crippen molar-refractivity contribution < 1.29 is 14.3 Å². The lowest BCUT2D eigenvalue weighted by Crippen LogP contribution is -2.43. The van der Waals surface area contributed by atoms with Crippen molar-refractivity contribution >= 4 is 28.8 Å². The summed E-state index contributed by atoms with van der Waals surface area (Å²) in [5, 5.41) is 3.08. The number of fused-ring (bicyclic) bond motifs is 1. The molecule has 7 heteroatoms. The highest BCUT2D eigenvalue weighted by Crippen LogP contribution is 2.36. The molecule has 6 nitrogen and oxygen atoms in total. The van der Waals surface area contributed by atoms with Crippen LogP contribution in [-0.2, 0) is 16.0 Å². The summed E-state index contributed by atoms with van der Waals surface area (Å²) in [6.07, 6.45) is 2.00. The first-order valence-electron chi connectivity index (χ1n) is 7.38. The largest absolute Gasteiger partial charge is 0.482 e. The Balaban J connectivity index is 1.97. The third-order valence-corrected chi connectivity index (χ3v) is 4.44. The zero-order chi connectivity index (χ0) is 16.4. The standard InChI is InChI=1S/C16H17N3O3S/c1-2-3-15-18-11(9-23-15)10-4-5-13-12(6-10)19(7-14(17)20)16(21)8-22-13/h4-6,9H,2-3,7-8H2,1H3,(H2,17,20). The minimum absolute atomic E-state index is 0.0863. The number of hydrogen-bond acceptors (Lipinski definition) is 5. The van der Waals surface area contributed by atoms with Crippen molar-refractivity contribution in [1.29, 1.82) is 0 Å². The van der Waals surface area contributed by atoms with Crippen molar-refractivity contribution in [3.8, 4) is 17.0 Å². The molecule has 2 N–H and O–H groups in total. The molecule has 0 spiro atoms. The van der Waals surface area contributed by atoms with E-state index in [1.807, 2.05) is 17.5 Å². The van der Waals surface area contributed by atoms with E-state index in [1.54, 1.807) is 17.4 Å². The molecule has 0 saturated heterocycles. The fourth-order valence-corrected chi connectivity index (χ4v) is 3.37. The molecular formula is C16H17N3O3S. The number of nitrogens with zero attached hydrogens (tertiary/aromatic N) is 2. The van der Waals surface area contributed by atoms with Crippen molar-refractivity contribution in [3.63, 3.8) is 0 Å². The maximum absolute atomic E-state index is 12.0. The Bertz CT molecular complexity index is 757. The van der Waals surface area contributed by atoms with Gasteiger partial charge < -0.3 is 10.5 Å². The van der Waals surface area contributed by atoms with Gasteiger partial charge in [-0.1, -0.05) is 6.92 Å². The maximum Gasteiger partial charge on any atom is 0.265 e. The van der Waals surface area contributed by atoms with Gasteiger partial charge in [-0.3, -0.25) is 14.5 Å². The van der Waals surface area contributed by atoms with Crippen LogP contribution in [0.15, 0.2) is 23.6 Å². The number of carbonyl (C=O) groups excluding carboxylic acids is 2. The van der Waals surface area contributed by atoms with Gasteiger partial charge in [0.2, 0.25) is 5.91 Å². The Hall–Kier alpha value is -2.41. The van der Waals surface area contributed by atoms with Crippen LogP contribution in [-0.4, -0.2) is 29.9 Å². The summed E-state index contributed by atoms with van der Waals surface area (Å²) in [6.45, 7) is 1.87. The summed E-state index contributed by atoms with van der Waals surface area (Å²) in [6, 6.07) is 5.52. The molecule has 3 rings (SSSR count). The van der Waals surface area contributed by atoms with Crippen molar-refractivity contribution in [3.05, 3.63) is 28.6 Å². The van der Waals surface area contributed by atoms with E-state index in [2.05, 4.69) is 11.9 Å². The predicted molar refractivity (Wildman–Crippen MR) is 88.6 cm³/mol. The number of aryl methyl sites for hydroxylation is 1. The molecule has 1 aliphatic heterocycles. The molecule has 120 valence electrons. The van der Waals surface area contributed by atoms with Gasteiger partial charge in [0, 0.05) is 10.9 Å². The van der Waals surface area contributed by atoms with E-state index in [1.165, 1.54) is 4.90 Å². The molecule has 0 saturated carbocycles. The van der Waals surface area contributed by atoms with Gasteiger partial charge in [0.1, 0.15) is 12.3 Å². The van der Waals surface area contributed by atoms with E-state index in [0.717, 1.165) is 29.1 Å². The van der Waals surface area contributed by atoms with Gasteiger partial charge in [-0.25, -0.2) is 4.98 Å². The quantitative estimate of drug-likeness (QED) is 0.907. The third-order valence-electron chi connectivity index (χ3n) is 3.53. The molecule has 2 amide bonds. The van der Waals surface area contributed by atoms with E-state index < -0.39 is 5.91 Å². The molecule has 1 aromatic carbocycles. The van der Waals surface area contributed by atoms with E-state index in [-0.39, 0.29) is 19.1 Å². The smallest absolute Gasteiger partial charge is 0.265 e. The number of aromatic nitrogens is 1. The monoisotopic (exact) mass is 331 g/mol. The third kappa shape index (κ3) is 3.19. The number of thiazole rings is 1. The lowest BCUT2D eigenvalue weighted by molar-refractivity contribution is -0.124.